The maximum atomic E-state index is 6.41. The van der Waals surface area contributed by atoms with E-state index in [2.05, 4.69) is 56.3 Å². The van der Waals surface area contributed by atoms with Crippen LogP contribution < -0.4 is 5.32 Å². The Hall–Kier alpha value is -1.32. The second-order valence-corrected chi connectivity index (χ2v) is 5.85. The number of aromatic nitrogens is 2. The molecule has 0 bridgehead atoms. The van der Waals surface area contributed by atoms with E-state index in [1.165, 1.54) is 16.7 Å². The minimum Gasteiger partial charge on any atom is -0.305 e. The van der Waals surface area contributed by atoms with E-state index in [1.54, 1.807) is 6.20 Å². The number of hydrogen-bond donors (Lipinski definition) is 1. The lowest BCUT2D eigenvalue weighted by molar-refractivity contribution is 0.528. The van der Waals surface area contributed by atoms with Gasteiger partial charge in [-0.3, -0.25) is 4.68 Å². The van der Waals surface area contributed by atoms with Crippen molar-refractivity contribution < 1.29 is 0 Å². The van der Waals surface area contributed by atoms with E-state index in [4.69, 9.17) is 11.6 Å². The van der Waals surface area contributed by atoms with Crippen LogP contribution in [0.3, 0.4) is 0 Å². The number of benzene rings is 1. The summed E-state index contributed by atoms with van der Waals surface area (Å²) in [4.78, 5) is 0. The molecule has 0 aliphatic heterocycles. The SMILES string of the molecule is CCCNC(c1ccc(C)cc1C)c1c(Cl)cnn1CC. The zero-order chi connectivity index (χ0) is 15.4. The third-order valence-electron chi connectivity index (χ3n) is 3.74. The van der Waals surface area contributed by atoms with E-state index < -0.39 is 0 Å². The Morgan fingerprint density at radius 3 is 2.67 bits per heavy atom. The first-order valence-corrected chi connectivity index (χ1v) is 7.98. The molecule has 0 spiro atoms. The van der Waals surface area contributed by atoms with Crippen molar-refractivity contribution in [3.05, 3.63) is 51.8 Å². The molecule has 1 heterocycles. The van der Waals surface area contributed by atoms with Crippen LogP contribution in [-0.2, 0) is 6.54 Å². The second kappa shape index (κ2) is 7.10. The minimum absolute atomic E-state index is 0.0838. The summed E-state index contributed by atoms with van der Waals surface area (Å²) in [7, 11) is 0. The van der Waals surface area contributed by atoms with Gasteiger partial charge in [0.2, 0.25) is 0 Å². The first-order valence-electron chi connectivity index (χ1n) is 7.60. The Bertz CT molecular complexity index is 604. The maximum Gasteiger partial charge on any atom is 0.0837 e. The third kappa shape index (κ3) is 3.47. The Morgan fingerprint density at radius 1 is 1.29 bits per heavy atom. The van der Waals surface area contributed by atoms with E-state index >= 15 is 0 Å². The molecule has 0 radical (unpaired) electrons. The highest BCUT2D eigenvalue weighted by Gasteiger charge is 2.22. The fourth-order valence-corrected chi connectivity index (χ4v) is 2.95. The molecule has 21 heavy (non-hydrogen) atoms. The molecule has 1 atom stereocenters. The molecule has 0 amide bonds. The molecular formula is C17H24ClN3. The Morgan fingerprint density at radius 2 is 2.05 bits per heavy atom. The standard InChI is InChI=1S/C17H24ClN3/c1-5-9-19-16(14-8-7-12(3)10-13(14)4)17-15(18)11-20-21(17)6-2/h7-8,10-11,16,19H,5-6,9H2,1-4H3. The monoisotopic (exact) mass is 305 g/mol. The van der Waals surface area contributed by atoms with Gasteiger partial charge >= 0.3 is 0 Å². The first-order chi connectivity index (χ1) is 10.1. The largest absolute Gasteiger partial charge is 0.305 e. The number of rotatable bonds is 6. The van der Waals surface area contributed by atoms with E-state index in [-0.39, 0.29) is 6.04 Å². The van der Waals surface area contributed by atoms with Crippen molar-refractivity contribution >= 4 is 11.6 Å². The van der Waals surface area contributed by atoms with E-state index in [9.17, 15) is 0 Å². The van der Waals surface area contributed by atoms with Gasteiger partial charge in [-0.15, -0.1) is 0 Å². The van der Waals surface area contributed by atoms with E-state index in [0.717, 1.165) is 30.2 Å². The molecule has 0 saturated carbocycles. The lowest BCUT2D eigenvalue weighted by atomic mass is 9.96. The molecule has 1 aromatic carbocycles. The van der Waals surface area contributed by atoms with Gasteiger partial charge in [-0.1, -0.05) is 42.3 Å². The summed E-state index contributed by atoms with van der Waals surface area (Å²) in [6.07, 6.45) is 2.82. The molecule has 1 unspecified atom stereocenters. The molecule has 2 rings (SSSR count). The van der Waals surface area contributed by atoms with E-state index in [1.807, 2.05) is 4.68 Å². The highest BCUT2D eigenvalue weighted by atomic mass is 35.5. The van der Waals surface area contributed by atoms with Gasteiger partial charge in [0.1, 0.15) is 0 Å². The predicted molar refractivity (Wildman–Crippen MR) is 89.0 cm³/mol. The molecule has 3 nitrogen and oxygen atoms in total. The van der Waals surface area contributed by atoms with Crippen LogP contribution in [0.15, 0.2) is 24.4 Å². The van der Waals surface area contributed by atoms with Crippen LogP contribution in [0, 0.1) is 13.8 Å². The van der Waals surface area contributed by atoms with Crippen molar-refractivity contribution in [3.8, 4) is 0 Å². The molecule has 1 N–H and O–H groups in total. The van der Waals surface area contributed by atoms with Gasteiger partial charge in [-0.25, -0.2) is 0 Å². The van der Waals surface area contributed by atoms with Crippen LogP contribution in [-0.4, -0.2) is 16.3 Å². The van der Waals surface area contributed by atoms with Crippen molar-refractivity contribution in [2.45, 2.75) is 46.7 Å². The first kappa shape index (κ1) is 16.1. The van der Waals surface area contributed by atoms with Crippen LogP contribution in [0.5, 0.6) is 0 Å². The number of aryl methyl sites for hydroxylation is 3. The van der Waals surface area contributed by atoms with Gasteiger partial charge in [-0.2, -0.15) is 5.10 Å². The molecule has 114 valence electrons. The average molecular weight is 306 g/mol. The van der Waals surface area contributed by atoms with Crippen molar-refractivity contribution in [1.29, 1.82) is 0 Å². The Labute approximate surface area is 132 Å². The molecule has 1 aromatic heterocycles. The lowest BCUT2D eigenvalue weighted by Gasteiger charge is -2.23. The molecule has 0 saturated heterocycles. The normalized spacial score (nSPS) is 12.6. The summed E-state index contributed by atoms with van der Waals surface area (Å²) >= 11 is 6.41. The van der Waals surface area contributed by atoms with Gasteiger partial charge in [0.25, 0.3) is 0 Å². The van der Waals surface area contributed by atoms with Crippen molar-refractivity contribution in [2.75, 3.05) is 6.54 Å². The van der Waals surface area contributed by atoms with Gasteiger partial charge in [0, 0.05) is 6.54 Å². The lowest BCUT2D eigenvalue weighted by Crippen LogP contribution is -2.26. The molecule has 0 fully saturated rings. The molecular weight excluding hydrogens is 282 g/mol. The van der Waals surface area contributed by atoms with Crippen LogP contribution in [0.4, 0.5) is 0 Å². The smallest absolute Gasteiger partial charge is 0.0837 e. The molecule has 4 heteroatoms. The van der Waals surface area contributed by atoms with Gasteiger partial charge in [0.05, 0.1) is 23.0 Å². The van der Waals surface area contributed by atoms with E-state index in [0.29, 0.717) is 0 Å². The summed E-state index contributed by atoms with van der Waals surface area (Å²) in [6.45, 7) is 10.3. The number of halogens is 1. The molecule has 0 aliphatic carbocycles. The summed E-state index contributed by atoms with van der Waals surface area (Å²) in [5.74, 6) is 0. The minimum atomic E-state index is 0.0838. The topological polar surface area (TPSA) is 29.9 Å². The van der Waals surface area contributed by atoms with Crippen molar-refractivity contribution in [2.24, 2.45) is 0 Å². The molecule has 2 aromatic rings. The third-order valence-corrected chi connectivity index (χ3v) is 4.03. The summed E-state index contributed by atoms with van der Waals surface area (Å²) < 4.78 is 1.98. The summed E-state index contributed by atoms with van der Waals surface area (Å²) in [5.41, 5.74) is 4.88. The Balaban J connectivity index is 2.49. The average Bonchev–Trinajstić information content (AvgIpc) is 2.82. The van der Waals surface area contributed by atoms with Crippen molar-refractivity contribution in [1.82, 2.24) is 15.1 Å². The van der Waals surface area contributed by atoms with Crippen LogP contribution >= 0.6 is 11.6 Å². The fraction of sp³-hybridized carbons (Fsp3) is 0.471. The second-order valence-electron chi connectivity index (χ2n) is 5.44. The maximum absolute atomic E-state index is 6.41. The Kier molecular flexibility index (Phi) is 5.43. The van der Waals surface area contributed by atoms with Crippen LogP contribution in [0.25, 0.3) is 0 Å². The highest BCUT2D eigenvalue weighted by molar-refractivity contribution is 6.31. The quantitative estimate of drug-likeness (QED) is 0.864. The molecule has 0 aliphatic rings. The predicted octanol–water partition coefficient (Wildman–Crippen LogP) is 4.26. The zero-order valence-electron chi connectivity index (χ0n) is 13.3. The van der Waals surface area contributed by atoms with Gasteiger partial charge in [-0.05, 0) is 44.9 Å². The fourth-order valence-electron chi connectivity index (χ4n) is 2.70. The van der Waals surface area contributed by atoms with Crippen molar-refractivity contribution in [3.63, 3.8) is 0 Å². The van der Waals surface area contributed by atoms with Crippen LogP contribution in [0.1, 0.15) is 48.7 Å². The van der Waals surface area contributed by atoms with Gasteiger partial charge in [0.15, 0.2) is 0 Å². The highest BCUT2D eigenvalue weighted by Crippen LogP contribution is 2.30. The van der Waals surface area contributed by atoms with Gasteiger partial charge < -0.3 is 5.32 Å². The number of nitrogens with one attached hydrogen (secondary N) is 1. The summed E-state index contributed by atoms with van der Waals surface area (Å²) in [6, 6.07) is 6.65. The number of hydrogen-bond acceptors (Lipinski definition) is 2. The zero-order valence-corrected chi connectivity index (χ0v) is 14.0. The summed E-state index contributed by atoms with van der Waals surface area (Å²) in [5, 5.41) is 8.73. The number of nitrogens with zero attached hydrogens (tertiary/aromatic N) is 2. The van der Waals surface area contributed by atoms with Crippen LogP contribution in [0.2, 0.25) is 5.02 Å².